The van der Waals surface area contributed by atoms with E-state index in [0.717, 1.165) is 89.4 Å². The van der Waals surface area contributed by atoms with Crippen LogP contribution in [0.15, 0.2) is 54.7 Å². The van der Waals surface area contributed by atoms with Crippen molar-refractivity contribution in [2.24, 2.45) is 17.3 Å². The number of rotatable bonds is 5. The van der Waals surface area contributed by atoms with E-state index in [1.165, 1.54) is 10.6 Å². The number of ether oxygens (including phenoxy) is 2. The van der Waals surface area contributed by atoms with Gasteiger partial charge in [0, 0.05) is 86.5 Å². The fourth-order valence-electron chi connectivity index (χ4n) is 10.0. The first-order valence-electron chi connectivity index (χ1n) is 21.2. The number of aryl methyl sites for hydroxylation is 1. The molecule has 3 fully saturated rings. The molecule has 6 atom stereocenters. The molecule has 1 saturated carbocycles. The third kappa shape index (κ3) is 6.86. The first-order chi connectivity index (χ1) is 27.9. The zero-order valence-electron chi connectivity index (χ0n) is 34.7. The summed E-state index contributed by atoms with van der Waals surface area (Å²) >= 11 is 0. The summed E-state index contributed by atoms with van der Waals surface area (Å²) in [6.07, 6.45) is 3.91. The lowest BCUT2D eigenvalue weighted by Gasteiger charge is -2.43. The number of hydrogen-bond donors (Lipinski definition) is 2. The zero-order chi connectivity index (χ0) is 40.5. The van der Waals surface area contributed by atoms with Crippen LogP contribution >= 0.6 is 0 Å². The number of amides is 2. The third-order valence-electron chi connectivity index (χ3n) is 13.5. The number of pyridine rings is 1. The van der Waals surface area contributed by atoms with E-state index in [1.807, 2.05) is 18.3 Å². The maximum absolute atomic E-state index is 14.3. The van der Waals surface area contributed by atoms with Gasteiger partial charge in [0.05, 0.1) is 29.9 Å². The van der Waals surface area contributed by atoms with Crippen molar-refractivity contribution in [2.45, 2.75) is 84.0 Å². The van der Waals surface area contributed by atoms with Gasteiger partial charge in [-0.2, -0.15) is 0 Å². The number of anilines is 1. The Morgan fingerprint density at radius 1 is 1.05 bits per heavy atom. The highest BCUT2D eigenvalue weighted by Gasteiger charge is 2.48. The highest BCUT2D eigenvalue weighted by molar-refractivity contribution is 5.97. The number of likely N-dealkylation sites (N-methyl/N-ethyl adjacent to an activating group) is 1. The number of hydrazine groups is 1. The van der Waals surface area contributed by atoms with Crippen molar-refractivity contribution in [3.63, 3.8) is 0 Å². The molecular weight excluding hydrogens is 731 g/mol. The summed E-state index contributed by atoms with van der Waals surface area (Å²) in [5, 5.41) is 5.76. The number of hydrogen-bond acceptors (Lipinski definition) is 9. The van der Waals surface area contributed by atoms with Crippen molar-refractivity contribution in [1.29, 1.82) is 0 Å². The predicted molar refractivity (Wildman–Crippen MR) is 224 cm³/mol. The van der Waals surface area contributed by atoms with Crippen LogP contribution in [0, 0.1) is 17.3 Å². The van der Waals surface area contributed by atoms with Gasteiger partial charge in [-0.25, -0.2) is 5.43 Å². The number of carbonyl (C=O) groups excluding carboxylic acids is 3. The monoisotopic (exact) mass is 787 g/mol. The quantitative estimate of drug-likeness (QED) is 0.246. The molecule has 0 spiro atoms. The molecule has 6 bridgehead atoms. The van der Waals surface area contributed by atoms with Crippen LogP contribution in [0.1, 0.15) is 75.8 Å². The molecule has 58 heavy (non-hydrogen) atoms. The molecule has 5 aliphatic rings. The molecule has 2 unspecified atom stereocenters. The first-order valence-corrected chi connectivity index (χ1v) is 21.2. The molecule has 3 aliphatic heterocycles. The number of cyclic esters (lactones) is 1. The van der Waals surface area contributed by atoms with E-state index in [2.05, 4.69) is 96.3 Å². The van der Waals surface area contributed by atoms with Crippen molar-refractivity contribution >= 4 is 34.4 Å². The van der Waals surface area contributed by atoms with E-state index in [4.69, 9.17) is 14.5 Å². The maximum Gasteiger partial charge on any atom is 0.324 e. The molecule has 2 aliphatic carbocycles. The standard InChI is InChI=1S/C46H57N7O5/c1-7-52-37-14-13-30-23-33(37)38-39(42(57-6)40-34(41(38)52)24-31(25-47-40)51-18-16-50(5)17-19-51)46(3,4)26-58-45(56)35-12-9-15-53(49-35)44(55)36(48-43(54)32-20-27(32)2)22-28-10-8-11-29(30)21-28/h8,10-11,13-14,21,23-25,27,32,35-36,39,42,49H,7,9,12,15-20,22,26H2,1-6H3,(H,48,54)/t27-,32-,35-,36?,39?,42-/m0/s1. The molecule has 2 aromatic carbocycles. The predicted octanol–water partition coefficient (Wildman–Crippen LogP) is 5.69. The van der Waals surface area contributed by atoms with E-state index in [1.54, 1.807) is 7.11 Å². The summed E-state index contributed by atoms with van der Waals surface area (Å²) in [6.45, 7) is 13.8. The number of fused-ring (bicyclic) bond motifs is 8. The Hall–Kier alpha value is -4.78. The van der Waals surface area contributed by atoms with Crippen LogP contribution in [-0.4, -0.2) is 103 Å². The molecule has 2 amide bonds. The van der Waals surface area contributed by atoms with E-state index >= 15 is 0 Å². The largest absolute Gasteiger partial charge is 0.464 e. The molecular formula is C46H57N7O5. The lowest BCUT2D eigenvalue weighted by atomic mass is 9.67. The van der Waals surface area contributed by atoms with Gasteiger partial charge in [0.2, 0.25) is 5.91 Å². The average Bonchev–Trinajstić information content (AvgIpc) is 3.89. The second-order valence-electron chi connectivity index (χ2n) is 18.0. The topological polar surface area (TPSA) is 121 Å². The lowest BCUT2D eigenvalue weighted by molar-refractivity contribution is -0.156. The average molecular weight is 788 g/mol. The molecule has 306 valence electrons. The van der Waals surface area contributed by atoms with Gasteiger partial charge in [-0.05, 0) is 79.6 Å². The molecule has 9 rings (SSSR count). The van der Waals surface area contributed by atoms with Crippen molar-refractivity contribution in [3.8, 4) is 22.4 Å². The Bertz CT molecular complexity index is 2260. The van der Waals surface area contributed by atoms with Crippen LogP contribution in [0.25, 0.3) is 33.3 Å². The van der Waals surface area contributed by atoms with Crippen LogP contribution in [0.3, 0.4) is 0 Å². The van der Waals surface area contributed by atoms with Crippen LogP contribution in [0.2, 0.25) is 0 Å². The summed E-state index contributed by atoms with van der Waals surface area (Å²) in [7, 11) is 3.93. The van der Waals surface area contributed by atoms with Gasteiger partial charge in [0.15, 0.2) is 0 Å². The summed E-state index contributed by atoms with van der Waals surface area (Å²) < 4.78 is 15.2. The number of aromatic nitrogens is 2. The molecule has 5 heterocycles. The van der Waals surface area contributed by atoms with Crippen molar-refractivity contribution in [1.82, 2.24) is 30.2 Å². The minimum atomic E-state index is -0.792. The highest BCUT2D eigenvalue weighted by atomic mass is 16.5. The first kappa shape index (κ1) is 38.7. The molecule has 12 nitrogen and oxygen atoms in total. The smallest absolute Gasteiger partial charge is 0.324 e. The van der Waals surface area contributed by atoms with Crippen molar-refractivity contribution < 1.29 is 23.9 Å². The minimum absolute atomic E-state index is 0.0803. The van der Waals surface area contributed by atoms with Gasteiger partial charge in [0.25, 0.3) is 5.91 Å². The Morgan fingerprint density at radius 3 is 2.57 bits per heavy atom. The number of piperazine rings is 1. The number of carbonyl (C=O) groups is 3. The van der Waals surface area contributed by atoms with Crippen LogP contribution in [0.4, 0.5) is 5.69 Å². The molecule has 12 heteroatoms. The summed E-state index contributed by atoms with van der Waals surface area (Å²) in [6, 6.07) is 15.9. The van der Waals surface area contributed by atoms with E-state index in [0.29, 0.717) is 31.7 Å². The minimum Gasteiger partial charge on any atom is -0.464 e. The second-order valence-corrected chi connectivity index (χ2v) is 18.0. The number of methoxy groups -OCH3 is 1. The number of esters is 1. The molecule has 2 aromatic heterocycles. The molecule has 2 N–H and O–H groups in total. The number of benzene rings is 2. The summed E-state index contributed by atoms with van der Waals surface area (Å²) in [5.74, 6) is -0.737. The number of nitrogens with zero attached hydrogens (tertiary/aromatic N) is 5. The van der Waals surface area contributed by atoms with Crippen LogP contribution in [-0.2, 0) is 36.8 Å². The van der Waals surface area contributed by atoms with Gasteiger partial charge in [-0.15, -0.1) is 0 Å². The Labute approximate surface area is 341 Å². The van der Waals surface area contributed by atoms with E-state index in [-0.39, 0.29) is 30.3 Å². The summed E-state index contributed by atoms with van der Waals surface area (Å²) in [5.41, 5.74) is 12.2. The van der Waals surface area contributed by atoms with Gasteiger partial charge < -0.3 is 29.2 Å². The van der Waals surface area contributed by atoms with Gasteiger partial charge >= 0.3 is 5.97 Å². The SMILES string of the molecule is CCn1c2c3c4cc(ccc41)-c1cccc(c1)CC(NC(=O)[C@H]1C[C@@H]1C)C(=O)N1CCC[C@H](N1)C(=O)OCC(C)(C)C3[C@H](OC)c1ncc(N3CCN(C)CC3)cc1-2. The molecule has 4 aromatic rings. The number of nitrogens with one attached hydrogen (secondary N) is 2. The molecule has 2 saturated heterocycles. The van der Waals surface area contributed by atoms with E-state index < -0.39 is 29.6 Å². The Balaban J connectivity index is 1.21. The summed E-state index contributed by atoms with van der Waals surface area (Å²) in [4.78, 5) is 51.6. The van der Waals surface area contributed by atoms with Gasteiger partial charge in [-0.3, -0.25) is 24.4 Å². The van der Waals surface area contributed by atoms with E-state index in [9.17, 15) is 14.4 Å². The fourth-order valence-corrected chi connectivity index (χ4v) is 10.0. The Kier molecular flexibility index (Phi) is 10.1. The van der Waals surface area contributed by atoms with Gasteiger partial charge in [0.1, 0.15) is 18.2 Å². The van der Waals surface area contributed by atoms with Crippen molar-refractivity contribution in [2.75, 3.05) is 58.4 Å². The maximum atomic E-state index is 14.3. The fraction of sp³-hybridized carbons (Fsp3) is 0.522. The lowest BCUT2D eigenvalue weighted by Crippen LogP contribution is -2.60. The van der Waals surface area contributed by atoms with Crippen molar-refractivity contribution in [3.05, 3.63) is 71.5 Å². The third-order valence-corrected chi connectivity index (χ3v) is 13.5. The Morgan fingerprint density at radius 2 is 1.83 bits per heavy atom. The normalized spacial score (nSPS) is 27.1. The zero-order valence-corrected chi connectivity index (χ0v) is 34.7. The van der Waals surface area contributed by atoms with Crippen LogP contribution in [0.5, 0.6) is 0 Å². The van der Waals surface area contributed by atoms with Gasteiger partial charge in [-0.1, -0.05) is 51.1 Å². The second kappa shape index (κ2) is 15.1. The highest BCUT2D eigenvalue weighted by Crippen LogP contribution is 2.57. The molecule has 0 radical (unpaired) electrons. The van der Waals surface area contributed by atoms with Crippen LogP contribution < -0.4 is 15.6 Å².